The molecular weight excluding hydrogens is 507 g/mol. The molecule has 0 aliphatic carbocycles. The number of halogens is 1. The molecule has 0 amide bonds. The SMILES string of the molecule is CN=C(NCCCn1ccc2ccccc21)NCCc1csc(N2CCCC2)n1.I. The van der Waals surface area contributed by atoms with Crippen molar-refractivity contribution in [2.75, 3.05) is 38.1 Å². The number of aliphatic imine (C=N–C) groups is 1. The van der Waals surface area contributed by atoms with Crippen molar-refractivity contribution in [3.05, 3.63) is 47.6 Å². The highest BCUT2D eigenvalue weighted by Crippen LogP contribution is 2.24. The Morgan fingerprint density at radius 1 is 1.13 bits per heavy atom. The maximum absolute atomic E-state index is 4.79. The molecule has 1 aliphatic heterocycles. The van der Waals surface area contributed by atoms with E-state index in [0.717, 1.165) is 51.5 Å². The van der Waals surface area contributed by atoms with Gasteiger partial charge in [-0.15, -0.1) is 35.3 Å². The molecule has 1 fully saturated rings. The number of hydrogen-bond acceptors (Lipinski definition) is 4. The molecule has 0 atom stereocenters. The van der Waals surface area contributed by atoms with Gasteiger partial charge in [0.05, 0.1) is 5.69 Å². The largest absolute Gasteiger partial charge is 0.356 e. The molecule has 2 aromatic heterocycles. The summed E-state index contributed by atoms with van der Waals surface area (Å²) in [6, 6.07) is 10.7. The van der Waals surface area contributed by atoms with Crippen LogP contribution in [0.25, 0.3) is 10.9 Å². The molecule has 30 heavy (non-hydrogen) atoms. The van der Waals surface area contributed by atoms with Crippen LogP contribution in [0.3, 0.4) is 0 Å². The number of guanidine groups is 1. The molecule has 4 rings (SSSR count). The number of benzene rings is 1. The van der Waals surface area contributed by atoms with Gasteiger partial charge in [0.2, 0.25) is 0 Å². The average Bonchev–Trinajstić information content (AvgIpc) is 3.50. The minimum atomic E-state index is 0. The molecule has 3 heterocycles. The van der Waals surface area contributed by atoms with Crippen molar-refractivity contribution in [2.45, 2.75) is 32.2 Å². The van der Waals surface area contributed by atoms with Gasteiger partial charge < -0.3 is 20.1 Å². The lowest BCUT2D eigenvalue weighted by Gasteiger charge is -2.13. The van der Waals surface area contributed by atoms with E-state index in [9.17, 15) is 0 Å². The third-order valence-corrected chi connectivity index (χ3v) is 6.31. The van der Waals surface area contributed by atoms with Gasteiger partial charge in [-0.1, -0.05) is 18.2 Å². The summed E-state index contributed by atoms with van der Waals surface area (Å²) in [6.45, 7) is 5.03. The van der Waals surface area contributed by atoms with Crippen molar-refractivity contribution >= 4 is 57.3 Å². The fourth-order valence-corrected chi connectivity index (χ4v) is 4.70. The fraction of sp³-hybridized carbons (Fsp3) is 0.455. The molecule has 0 bridgehead atoms. The highest BCUT2D eigenvalue weighted by Gasteiger charge is 2.15. The zero-order chi connectivity index (χ0) is 19.9. The average molecular weight is 539 g/mol. The number of nitrogens with zero attached hydrogens (tertiary/aromatic N) is 4. The standard InChI is InChI=1S/C22H30N6S.HI/c1-23-21(24-11-6-15-27-16-10-18-7-2-3-8-20(18)27)25-12-9-19-17-29-22(26-19)28-13-4-5-14-28;/h2-3,7-8,10,16-17H,4-6,9,11-15H2,1H3,(H2,23,24,25);1H. The maximum atomic E-state index is 4.79. The number of anilines is 1. The lowest BCUT2D eigenvalue weighted by molar-refractivity contribution is 0.640. The van der Waals surface area contributed by atoms with Crippen LogP contribution >= 0.6 is 35.3 Å². The second-order valence-corrected chi connectivity index (χ2v) is 8.25. The lowest BCUT2D eigenvalue weighted by atomic mass is 10.2. The van der Waals surface area contributed by atoms with E-state index in [1.807, 2.05) is 7.05 Å². The summed E-state index contributed by atoms with van der Waals surface area (Å²) in [5, 5.41) is 11.5. The molecule has 0 spiro atoms. The Balaban J connectivity index is 0.00000256. The first-order chi connectivity index (χ1) is 14.3. The Morgan fingerprint density at radius 2 is 1.93 bits per heavy atom. The Morgan fingerprint density at radius 3 is 2.77 bits per heavy atom. The van der Waals surface area contributed by atoms with Crippen LogP contribution in [-0.4, -0.2) is 48.7 Å². The third kappa shape index (κ3) is 5.87. The molecule has 3 aromatic rings. The molecule has 0 radical (unpaired) electrons. The van der Waals surface area contributed by atoms with Crippen LogP contribution < -0.4 is 15.5 Å². The fourth-order valence-electron chi connectivity index (χ4n) is 3.79. The van der Waals surface area contributed by atoms with Crippen molar-refractivity contribution in [1.82, 2.24) is 20.2 Å². The third-order valence-electron chi connectivity index (χ3n) is 5.36. The zero-order valence-electron chi connectivity index (χ0n) is 17.5. The van der Waals surface area contributed by atoms with E-state index in [-0.39, 0.29) is 24.0 Å². The number of fused-ring (bicyclic) bond motifs is 1. The van der Waals surface area contributed by atoms with E-state index in [1.165, 1.54) is 34.6 Å². The summed E-state index contributed by atoms with van der Waals surface area (Å²) in [7, 11) is 1.82. The highest BCUT2D eigenvalue weighted by molar-refractivity contribution is 14.0. The highest BCUT2D eigenvalue weighted by atomic mass is 127. The van der Waals surface area contributed by atoms with Gasteiger partial charge in [0.1, 0.15) is 0 Å². The summed E-state index contributed by atoms with van der Waals surface area (Å²) in [4.78, 5) is 11.5. The number of aryl methyl sites for hydroxylation is 1. The molecule has 1 aromatic carbocycles. The zero-order valence-corrected chi connectivity index (χ0v) is 20.7. The van der Waals surface area contributed by atoms with Crippen molar-refractivity contribution in [1.29, 1.82) is 0 Å². The van der Waals surface area contributed by atoms with Crippen molar-refractivity contribution in [3.8, 4) is 0 Å². The minimum absolute atomic E-state index is 0. The van der Waals surface area contributed by atoms with Gasteiger partial charge in [-0.05, 0) is 36.8 Å². The first kappa shape index (κ1) is 22.9. The molecule has 162 valence electrons. The first-order valence-electron chi connectivity index (χ1n) is 10.5. The number of aromatic nitrogens is 2. The smallest absolute Gasteiger partial charge is 0.190 e. The van der Waals surface area contributed by atoms with Gasteiger partial charge >= 0.3 is 0 Å². The van der Waals surface area contributed by atoms with E-state index in [2.05, 4.69) is 67.0 Å². The van der Waals surface area contributed by atoms with Crippen LogP contribution in [0.4, 0.5) is 5.13 Å². The number of para-hydroxylation sites is 1. The van der Waals surface area contributed by atoms with Crippen LogP contribution in [0.5, 0.6) is 0 Å². The van der Waals surface area contributed by atoms with Gasteiger partial charge in [0, 0.05) is 63.3 Å². The predicted octanol–water partition coefficient (Wildman–Crippen LogP) is 4.11. The number of nitrogens with one attached hydrogen (secondary N) is 2. The maximum Gasteiger partial charge on any atom is 0.190 e. The van der Waals surface area contributed by atoms with Gasteiger partial charge in [-0.25, -0.2) is 4.98 Å². The molecule has 1 saturated heterocycles. The van der Waals surface area contributed by atoms with Crippen molar-refractivity contribution in [3.63, 3.8) is 0 Å². The van der Waals surface area contributed by atoms with E-state index in [0.29, 0.717) is 0 Å². The Bertz CT molecular complexity index is 944. The number of thiazole rings is 1. The van der Waals surface area contributed by atoms with Gasteiger partial charge in [-0.2, -0.15) is 0 Å². The van der Waals surface area contributed by atoms with Crippen LogP contribution in [0, 0.1) is 0 Å². The number of hydrogen-bond donors (Lipinski definition) is 2. The minimum Gasteiger partial charge on any atom is -0.356 e. The van der Waals surface area contributed by atoms with Crippen LogP contribution in [-0.2, 0) is 13.0 Å². The predicted molar refractivity (Wildman–Crippen MR) is 139 cm³/mol. The Labute approximate surface area is 199 Å². The van der Waals surface area contributed by atoms with Gasteiger partial charge in [-0.3, -0.25) is 4.99 Å². The molecular formula is C22H31IN6S. The molecule has 0 saturated carbocycles. The Hall–Kier alpha value is -1.81. The van der Waals surface area contributed by atoms with E-state index < -0.39 is 0 Å². The normalized spacial score (nSPS) is 14.2. The molecule has 6 nitrogen and oxygen atoms in total. The van der Waals surface area contributed by atoms with Crippen LogP contribution in [0.2, 0.25) is 0 Å². The summed E-state index contributed by atoms with van der Waals surface area (Å²) in [5.74, 6) is 0.859. The Kier molecular flexibility index (Phi) is 8.80. The summed E-state index contributed by atoms with van der Waals surface area (Å²) < 4.78 is 2.31. The van der Waals surface area contributed by atoms with Gasteiger partial charge in [0.25, 0.3) is 0 Å². The summed E-state index contributed by atoms with van der Waals surface area (Å²) >= 11 is 1.77. The molecule has 0 unspecified atom stereocenters. The molecule has 1 aliphatic rings. The van der Waals surface area contributed by atoms with Crippen LogP contribution in [0.1, 0.15) is 25.0 Å². The first-order valence-corrected chi connectivity index (χ1v) is 11.4. The van der Waals surface area contributed by atoms with E-state index in [1.54, 1.807) is 11.3 Å². The van der Waals surface area contributed by atoms with E-state index >= 15 is 0 Å². The number of rotatable bonds is 8. The van der Waals surface area contributed by atoms with Crippen LogP contribution in [0.15, 0.2) is 46.9 Å². The quantitative estimate of drug-likeness (QED) is 0.196. The summed E-state index contributed by atoms with van der Waals surface area (Å²) in [6.07, 6.45) is 6.71. The van der Waals surface area contributed by atoms with Gasteiger partial charge in [0.15, 0.2) is 11.1 Å². The van der Waals surface area contributed by atoms with E-state index in [4.69, 9.17) is 4.98 Å². The second-order valence-electron chi connectivity index (χ2n) is 7.41. The topological polar surface area (TPSA) is 57.5 Å². The molecule has 2 N–H and O–H groups in total. The summed E-state index contributed by atoms with van der Waals surface area (Å²) in [5.41, 5.74) is 2.46. The second kappa shape index (κ2) is 11.5. The van der Waals surface area contributed by atoms with Crippen molar-refractivity contribution < 1.29 is 0 Å². The lowest BCUT2D eigenvalue weighted by Crippen LogP contribution is -2.39. The monoisotopic (exact) mass is 538 g/mol. The molecule has 8 heteroatoms. The van der Waals surface area contributed by atoms with Crippen molar-refractivity contribution in [2.24, 2.45) is 4.99 Å².